The summed E-state index contributed by atoms with van der Waals surface area (Å²) in [7, 11) is 0. The summed E-state index contributed by atoms with van der Waals surface area (Å²) < 4.78 is 0.886. The van der Waals surface area contributed by atoms with Crippen LogP contribution in [0.2, 0.25) is 5.02 Å². The fraction of sp³-hybridized carbons (Fsp3) is 0. The van der Waals surface area contributed by atoms with Gasteiger partial charge in [0.15, 0.2) is 0 Å². The van der Waals surface area contributed by atoms with Crippen LogP contribution in [0.25, 0.3) is 0 Å². The highest BCUT2D eigenvalue weighted by molar-refractivity contribution is 9.11. The summed E-state index contributed by atoms with van der Waals surface area (Å²) in [4.78, 5) is 22.5. The number of nitro groups is 1. The van der Waals surface area contributed by atoms with Crippen LogP contribution in [0.1, 0.15) is 10.4 Å². The van der Waals surface area contributed by atoms with Crippen molar-refractivity contribution in [2.75, 3.05) is 5.32 Å². The Morgan fingerprint density at radius 2 is 1.86 bits per heavy atom. The van der Waals surface area contributed by atoms with Gasteiger partial charge < -0.3 is 5.32 Å². The van der Waals surface area contributed by atoms with Crippen LogP contribution in [-0.4, -0.2) is 10.8 Å². The molecule has 0 saturated heterocycles. The normalized spacial score (nSPS) is 10.2. The number of amides is 1. The number of carbonyl (C=O) groups is 1. The summed E-state index contributed by atoms with van der Waals surface area (Å²) in [5.41, 5.74) is 0.588. The molecule has 2 rings (SSSR count). The van der Waals surface area contributed by atoms with Gasteiger partial charge >= 0.3 is 0 Å². The topological polar surface area (TPSA) is 72.2 Å². The predicted octanol–water partition coefficient (Wildman–Crippen LogP) is 5.03. The molecule has 0 unspecified atom stereocenters. The number of nitrogens with zero attached hydrogens (tertiary/aromatic N) is 1. The van der Waals surface area contributed by atoms with Crippen molar-refractivity contribution in [3.05, 3.63) is 66.0 Å². The van der Waals surface area contributed by atoms with Crippen molar-refractivity contribution >= 4 is 60.7 Å². The number of hydrogen-bond donors (Lipinski definition) is 1. The lowest BCUT2D eigenvalue weighted by Crippen LogP contribution is -2.12. The molecule has 8 heteroatoms. The van der Waals surface area contributed by atoms with E-state index in [1.165, 1.54) is 12.1 Å². The maximum atomic E-state index is 12.1. The average Bonchev–Trinajstić information content (AvgIpc) is 2.40. The van der Waals surface area contributed by atoms with Gasteiger partial charge in [-0.1, -0.05) is 11.6 Å². The Hall–Kier alpha value is -1.44. The minimum Gasteiger partial charge on any atom is -0.322 e. The van der Waals surface area contributed by atoms with Crippen molar-refractivity contribution in [2.24, 2.45) is 0 Å². The largest absolute Gasteiger partial charge is 0.322 e. The molecule has 21 heavy (non-hydrogen) atoms. The Morgan fingerprint density at radius 3 is 2.48 bits per heavy atom. The second kappa shape index (κ2) is 6.55. The van der Waals surface area contributed by atoms with Crippen LogP contribution in [-0.2, 0) is 0 Å². The van der Waals surface area contributed by atoms with E-state index in [1.54, 1.807) is 24.3 Å². The Bertz CT molecular complexity index is 737. The first kappa shape index (κ1) is 15.9. The number of nitro benzene ring substituents is 1. The lowest BCUT2D eigenvalue weighted by molar-refractivity contribution is -0.385. The zero-order valence-electron chi connectivity index (χ0n) is 10.3. The van der Waals surface area contributed by atoms with E-state index < -0.39 is 10.8 Å². The number of hydrogen-bond acceptors (Lipinski definition) is 3. The molecule has 2 aromatic carbocycles. The molecular weight excluding hydrogens is 427 g/mol. The third kappa shape index (κ3) is 3.81. The number of benzene rings is 2. The number of rotatable bonds is 3. The minimum atomic E-state index is -0.530. The second-order valence-corrected chi connectivity index (χ2v) is 6.15. The molecule has 0 heterocycles. The zero-order chi connectivity index (χ0) is 15.6. The molecule has 108 valence electrons. The Kier molecular flexibility index (Phi) is 4.97. The van der Waals surface area contributed by atoms with E-state index in [0.29, 0.717) is 25.2 Å². The van der Waals surface area contributed by atoms with Crippen molar-refractivity contribution in [1.29, 1.82) is 0 Å². The lowest BCUT2D eigenvalue weighted by Gasteiger charge is -2.07. The van der Waals surface area contributed by atoms with Crippen molar-refractivity contribution < 1.29 is 9.72 Å². The third-order valence-corrected chi connectivity index (χ3v) is 4.14. The predicted molar refractivity (Wildman–Crippen MR) is 87.9 cm³/mol. The van der Waals surface area contributed by atoms with E-state index in [0.717, 1.165) is 0 Å². The van der Waals surface area contributed by atoms with Crippen LogP contribution < -0.4 is 5.32 Å². The maximum Gasteiger partial charge on any atom is 0.285 e. The van der Waals surface area contributed by atoms with Gasteiger partial charge in [-0.05, 0) is 62.2 Å². The Morgan fingerprint density at radius 1 is 1.14 bits per heavy atom. The zero-order valence-corrected chi connectivity index (χ0v) is 14.2. The first-order valence-electron chi connectivity index (χ1n) is 5.59. The Labute approximate surface area is 141 Å². The van der Waals surface area contributed by atoms with Crippen LogP contribution in [0.3, 0.4) is 0 Å². The molecule has 0 aliphatic rings. The summed E-state index contributed by atoms with van der Waals surface area (Å²) in [6, 6.07) is 9.11. The molecule has 0 aliphatic heterocycles. The van der Waals surface area contributed by atoms with Gasteiger partial charge in [-0.25, -0.2) is 0 Å². The van der Waals surface area contributed by atoms with Crippen molar-refractivity contribution in [1.82, 2.24) is 0 Å². The highest BCUT2D eigenvalue weighted by Crippen LogP contribution is 2.28. The van der Waals surface area contributed by atoms with E-state index in [1.807, 2.05) is 0 Å². The number of nitrogens with one attached hydrogen (secondary N) is 1. The van der Waals surface area contributed by atoms with Gasteiger partial charge in [0.1, 0.15) is 0 Å². The van der Waals surface area contributed by atoms with Crippen LogP contribution in [0.5, 0.6) is 0 Å². The summed E-state index contributed by atoms with van der Waals surface area (Å²) in [5, 5.41) is 14.0. The van der Waals surface area contributed by atoms with Gasteiger partial charge in [0, 0.05) is 21.2 Å². The molecule has 0 atom stereocenters. The van der Waals surface area contributed by atoms with Crippen molar-refractivity contribution in [2.45, 2.75) is 0 Å². The highest BCUT2D eigenvalue weighted by Gasteiger charge is 2.15. The summed E-state index contributed by atoms with van der Waals surface area (Å²) >= 11 is 12.1. The molecule has 0 aliphatic carbocycles. The monoisotopic (exact) mass is 432 g/mol. The van der Waals surface area contributed by atoms with Crippen LogP contribution in [0.15, 0.2) is 45.3 Å². The van der Waals surface area contributed by atoms with Gasteiger partial charge in [-0.2, -0.15) is 0 Å². The molecule has 0 fully saturated rings. The molecule has 0 bridgehead atoms. The Balaban J connectivity index is 2.27. The van der Waals surface area contributed by atoms with Gasteiger partial charge in [-0.3, -0.25) is 14.9 Å². The molecule has 5 nitrogen and oxygen atoms in total. The van der Waals surface area contributed by atoms with Crippen LogP contribution >= 0.6 is 43.5 Å². The number of anilines is 1. The van der Waals surface area contributed by atoms with E-state index >= 15 is 0 Å². The average molecular weight is 434 g/mol. The molecule has 1 N–H and O–H groups in total. The van der Waals surface area contributed by atoms with E-state index in [-0.39, 0.29) is 5.69 Å². The molecule has 0 saturated carbocycles. The van der Waals surface area contributed by atoms with Gasteiger partial charge in [-0.15, -0.1) is 0 Å². The van der Waals surface area contributed by atoms with Crippen molar-refractivity contribution in [3.8, 4) is 0 Å². The van der Waals surface area contributed by atoms with Crippen molar-refractivity contribution in [3.63, 3.8) is 0 Å². The lowest BCUT2D eigenvalue weighted by atomic mass is 10.2. The number of carbonyl (C=O) groups excluding carboxylic acids is 1. The standard InChI is InChI=1S/C13H7Br2ClN2O3/c14-10-4-2-8(6-12(10)18(20)21)17-13(19)9-3-1-7(16)5-11(9)15/h1-6H,(H,17,19). The van der Waals surface area contributed by atoms with Gasteiger partial charge in [0.05, 0.1) is 15.0 Å². The van der Waals surface area contributed by atoms with E-state index in [9.17, 15) is 14.9 Å². The maximum absolute atomic E-state index is 12.1. The highest BCUT2D eigenvalue weighted by atomic mass is 79.9. The molecule has 2 aromatic rings. The third-order valence-electron chi connectivity index (χ3n) is 2.58. The first-order chi connectivity index (χ1) is 9.88. The smallest absolute Gasteiger partial charge is 0.285 e. The summed E-state index contributed by atoms with van der Waals surface area (Å²) in [6.07, 6.45) is 0. The molecule has 1 amide bonds. The first-order valence-corrected chi connectivity index (χ1v) is 7.55. The molecular formula is C13H7Br2ClN2O3. The molecule has 0 spiro atoms. The van der Waals surface area contributed by atoms with Gasteiger partial charge in [0.2, 0.25) is 0 Å². The van der Waals surface area contributed by atoms with Gasteiger partial charge in [0.25, 0.3) is 11.6 Å². The van der Waals surface area contributed by atoms with E-state index in [2.05, 4.69) is 37.2 Å². The van der Waals surface area contributed by atoms with E-state index in [4.69, 9.17) is 11.6 Å². The quantitative estimate of drug-likeness (QED) is 0.544. The fourth-order valence-corrected chi connectivity index (χ4v) is 2.86. The van der Waals surface area contributed by atoms with Crippen LogP contribution in [0, 0.1) is 10.1 Å². The second-order valence-electron chi connectivity index (χ2n) is 4.00. The molecule has 0 radical (unpaired) electrons. The summed E-state index contributed by atoms with van der Waals surface area (Å²) in [5.74, 6) is -0.393. The van der Waals surface area contributed by atoms with Crippen LogP contribution in [0.4, 0.5) is 11.4 Å². The molecule has 0 aromatic heterocycles. The minimum absolute atomic E-state index is 0.122. The fourth-order valence-electron chi connectivity index (χ4n) is 1.60. The SMILES string of the molecule is O=C(Nc1ccc(Br)c([N+](=O)[O-])c1)c1ccc(Cl)cc1Br. The summed E-state index contributed by atoms with van der Waals surface area (Å²) in [6.45, 7) is 0. The number of halogens is 3.